The van der Waals surface area contributed by atoms with Gasteiger partial charge in [0, 0.05) is 25.6 Å². The van der Waals surface area contributed by atoms with Gasteiger partial charge in [0.1, 0.15) is 21.7 Å². The van der Waals surface area contributed by atoms with Crippen LogP contribution in [0, 0.1) is 23.4 Å². The molecule has 15 heteroatoms. The Balaban J connectivity index is 1.54. The molecular formula is C27H18Cl3F6N3O3. The number of alkyl halides is 5. The van der Waals surface area contributed by atoms with Crippen LogP contribution < -0.4 is 15.5 Å². The van der Waals surface area contributed by atoms with Crippen molar-refractivity contribution in [3.63, 3.8) is 0 Å². The Kier molecular flexibility index (Phi) is 8.47. The number of amides is 3. The zero-order valence-corrected chi connectivity index (χ0v) is 23.6. The van der Waals surface area contributed by atoms with E-state index in [9.17, 15) is 40.7 Å². The quantitative estimate of drug-likeness (QED) is 0.213. The molecule has 0 saturated heterocycles. The van der Waals surface area contributed by atoms with E-state index in [0.717, 1.165) is 43.1 Å². The third-order valence-corrected chi connectivity index (χ3v) is 7.86. The Morgan fingerprint density at radius 2 is 1.57 bits per heavy atom. The molecule has 3 amide bonds. The van der Waals surface area contributed by atoms with E-state index in [4.69, 9.17) is 34.8 Å². The van der Waals surface area contributed by atoms with Gasteiger partial charge in [0.05, 0.1) is 27.8 Å². The Bertz CT molecular complexity index is 1620. The van der Waals surface area contributed by atoms with E-state index in [-0.39, 0.29) is 21.8 Å². The molecule has 0 radical (unpaired) electrons. The number of nitrogens with one attached hydrogen (secondary N) is 2. The van der Waals surface area contributed by atoms with Crippen molar-refractivity contribution in [1.29, 1.82) is 0 Å². The number of hydrogen-bond donors (Lipinski definition) is 2. The molecular weight excluding hydrogens is 635 g/mol. The summed E-state index contributed by atoms with van der Waals surface area (Å²) >= 11 is 18.5. The number of carbonyl (C=O) groups is 3. The molecule has 42 heavy (non-hydrogen) atoms. The predicted molar refractivity (Wildman–Crippen MR) is 146 cm³/mol. The second-order valence-electron chi connectivity index (χ2n) is 9.34. The molecule has 0 spiro atoms. The van der Waals surface area contributed by atoms with Crippen molar-refractivity contribution in [2.24, 2.45) is 5.92 Å². The standard InChI is InChI=1S/C27H18Cl3F6N3O3/c1-11(40)39(2)23-18(32)7-8-19(22(23)33)38-24(41)14-10-13(4-5-16(14)28)37-25(42)21-20(26(21,29)30)12-3-6-17(31)15(9-12)27(34,35)36/h3-10,20-21H,1-2H3,(H,37,42)(H,38,41)/t20-,21+/m0/s1. The minimum atomic E-state index is -4.99. The number of halogens is 9. The van der Waals surface area contributed by atoms with E-state index < -0.39 is 74.5 Å². The Morgan fingerprint density at radius 1 is 0.929 bits per heavy atom. The van der Waals surface area contributed by atoms with Crippen LogP contribution in [0.5, 0.6) is 0 Å². The van der Waals surface area contributed by atoms with Crippen LogP contribution in [0.4, 0.5) is 43.4 Å². The van der Waals surface area contributed by atoms with Crippen molar-refractivity contribution in [2.45, 2.75) is 23.4 Å². The lowest BCUT2D eigenvalue weighted by molar-refractivity contribution is -0.140. The van der Waals surface area contributed by atoms with Crippen LogP contribution >= 0.6 is 34.8 Å². The van der Waals surface area contributed by atoms with Crippen molar-refractivity contribution in [3.05, 3.63) is 87.7 Å². The lowest BCUT2D eigenvalue weighted by Crippen LogP contribution is -2.26. The first-order chi connectivity index (χ1) is 19.4. The third-order valence-electron chi connectivity index (χ3n) is 6.59. The minimum absolute atomic E-state index is 0.00370. The van der Waals surface area contributed by atoms with E-state index >= 15 is 0 Å². The first kappa shape index (κ1) is 31.5. The highest BCUT2D eigenvalue weighted by molar-refractivity contribution is 6.53. The van der Waals surface area contributed by atoms with Crippen LogP contribution in [0.15, 0.2) is 48.5 Å². The summed E-state index contributed by atoms with van der Waals surface area (Å²) in [5.41, 5.74) is -3.07. The molecule has 1 fully saturated rings. The van der Waals surface area contributed by atoms with Gasteiger partial charge in [-0.15, -0.1) is 23.2 Å². The average molecular weight is 653 g/mol. The number of anilines is 3. The number of carbonyl (C=O) groups excluding carboxylic acids is 3. The van der Waals surface area contributed by atoms with Gasteiger partial charge >= 0.3 is 6.18 Å². The fourth-order valence-electron chi connectivity index (χ4n) is 4.31. The summed E-state index contributed by atoms with van der Waals surface area (Å²) in [5.74, 6) is -8.58. The van der Waals surface area contributed by atoms with E-state index in [0.29, 0.717) is 12.1 Å². The fourth-order valence-corrected chi connectivity index (χ4v) is 5.34. The highest BCUT2D eigenvalue weighted by Crippen LogP contribution is 2.65. The van der Waals surface area contributed by atoms with Gasteiger partial charge in [-0.25, -0.2) is 13.2 Å². The van der Waals surface area contributed by atoms with Gasteiger partial charge in [-0.2, -0.15) is 13.2 Å². The van der Waals surface area contributed by atoms with Crippen molar-refractivity contribution < 1.29 is 40.7 Å². The average Bonchev–Trinajstić information content (AvgIpc) is 3.48. The highest BCUT2D eigenvalue weighted by atomic mass is 35.5. The van der Waals surface area contributed by atoms with E-state index in [2.05, 4.69) is 10.6 Å². The number of nitrogens with zero attached hydrogens (tertiary/aromatic N) is 1. The van der Waals surface area contributed by atoms with Gasteiger partial charge in [-0.05, 0) is 48.0 Å². The van der Waals surface area contributed by atoms with Gasteiger partial charge < -0.3 is 15.5 Å². The van der Waals surface area contributed by atoms with Crippen molar-refractivity contribution in [2.75, 3.05) is 22.6 Å². The van der Waals surface area contributed by atoms with Crippen molar-refractivity contribution in [1.82, 2.24) is 0 Å². The zero-order chi connectivity index (χ0) is 31.3. The predicted octanol–water partition coefficient (Wildman–Crippen LogP) is 7.54. The molecule has 0 heterocycles. The molecule has 2 N–H and O–H groups in total. The molecule has 0 bridgehead atoms. The smallest absolute Gasteiger partial charge is 0.326 e. The summed E-state index contributed by atoms with van der Waals surface area (Å²) in [6, 6.07) is 7.62. The second kappa shape index (κ2) is 11.3. The molecule has 2 atom stereocenters. The molecule has 4 rings (SSSR count). The molecule has 1 aliphatic rings. The van der Waals surface area contributed by atoms with E-state index in [1.54, 1.807) is 0 Å². The molecule has 3 aromatic rings. The van der Waals surface area contributed by atoms with Crippen LogP contribution in [0.3, 0.4) is 0 Å². The SMILES string of the molecule is CC(=O)N(C)c1c(F)ccc(NC(=O)c2cc(NC(=O)[C@H]3[C@H](c4ccc(F)c(C(F)(F)F)c4)C3(Cl)Cl)ccc2Cl)c1F. The fraction of sp³-hybridized carbons (Fsp3) is 0.222. The third kappa shape index (κ3) is 6.02. The summed E-state index contributed by atoms with van der Waals surface area (Å²) in [6.07, 6.45) is -4.99. The van der Waals surface area contributed by atoms with Crippen LogP contribution in [0.2, 0.25) is 5.02 Å². The molecule has 222 valence electrons. The molecule has 0 aliphatic heterocycles. The first-order valence-electron chi connectivity index (χ1n) is 11.8. The zero-order valence-electron chi connectivity index (χ0n) is 21.3. The first-order valence-corrected chi connectivity index (χ1v) is 13.0. The van der Waals surface area contributed by atoms with Gasteiger partial charge in [0.25, 0.3) is 5.91 Å². The van der Waals surface area contributed by atoms with E-state index in [1.807, 2.05) is 0 Å². The van der Waals surface area contributed by atoms with Crippen molar-refractivity contribution >= 4 is 69.6 Å². The van der Waals surface area contributed by atoms with Crippen LogP contribution in [-0.2, 0) is 15.8 Å². The number of benzene rings is 3. The summed E-state index contributed by atoms with van der Waals surface area (Å²) < 4.78 is 80.6. The Labute approximate surface area is 249 Å². The maximum absolute atomic E-state index is 15.0. The summed E-state index contributed by atoms with van der Waals surface area (Å²) in [7, 11) is 1.14. The summed E-state index contributed by atoms with van der Waals surface area (Å²) in [6.45, 7) is 1.09. The number of rotatable bonds is 6. The lowest BCUT2D eigenvalue weighted by atomic mass is 10.0. The molecule has 1 saturated carbocycles. The Hall–Kier alpha value is -3.48. The molecule has 0 aromatic heterocycles. The Morgan fingerprint density at radius 3 is 2.19 bits per heavy atom. The van der Waals surface area contributed by atoms with Gasteiger partial charge in [0.15, 0.2) is 5.82 Å². The van der Waals surface area contributed by atoms with Gasteiger partial charge in [0.2, 0.25) is 11.8 Å². The summed E-state index contributed by atoms with van der Waals surface area (Å²) in [5, 5.41) is 4.56. The largest absolute Gasteiger partial charge is 0.419 e. The molecule has 3 aromatic carbocycles. The topological polar surface area (TPSA) is 78.5 Å². The van der Waals surface area contributed by atoms with Gasteiger partial charge in [-0.1, -0.05) is 17.7 Å². The molecule has 6 nitrogen and oxygen atoms in total. The monoisotopic (exact) mass is 651 g/mol. The maximum atomic E-state index is 15.0. The van der Waals surface area contributed by atoms with Crippen molar-refractivity contribution in [3.8, 4) is 0 Å². The van der Waals surface area contributed by atoms with Crippen LogP contribution in [-0.4, -0.2) is 29.1 Å². The van der Waals surface area contributed by atoms with Crippen LogP contribution in [0.1, 0.15) is 34.3 Å². The normalized spacial score (nSPS) is 17.4. The van der Waals surface area contributed by atoms with Gasteiger partial charge in [-0.3, -0.25) is 14.4 Å². The van der Waals surface area contributed by atoms with E-state index in [1.165, 1.54) is 12.1 Å². The minimum Gasteiger partial charge on any atom is -0.326 e. The summed E-state index contributed by atoms with van der Waals surface area (Å²) in [4.78, 5) is 38.3. The van der Waals surface area contributed by atoms with Crippen LogP contribution in [0.25, 0.3) is 0 Å². The second-order valence-corrected chi connectivity index (χ2v) is 11.2. The maximum Gasteiger partial charge on any atom is 0.419 e. The lowest BCUT2D eigenvalue weighted by Gasteiger charge is -2.18. The molecule has 0 unspecified atom stereocenters. The molecule has 1 aliphatic carbocycles. The number of hydrogen-bond acceptors (Lipinski definition) is 3. The highest BCUT2D eigenvalue weighted by Gasteiger charge is 2.67.